The number of rotatable bonds is 8. The van der Waals surface area contributed by atoms with Crippen molar-refractivity contribution in [1.82, 2.24) is 43.7 Å². The minimum absolute atomic E-state index is 0.214. The lowest BCUT2D eigenvalue weighted by atomic mass is 9.85. The molecule has 3 fully saturated rings. The lowest BCUT2D eigenvalue weighted by molar-refractivity contribution is -0.135. The maximum atomic E-state index is 13.4. The molecule has 0 spiro atoms. The summed E-state index contributed by atoms with van der Waals surface area (Å²) in [4.78, 5) is 60.5. The Morgan fingerprint density at radius 2 is 1.82 bits per heavy atom. The highest BCUT2D eigenvalue weighted by atomic mass is 16.5. The molecule has 9 rings (SSSR count). The van der Waals surface area contributed by atoms with Gasteiger partial charge in [0.15, 0.2) is 11.5 Å². The van der Waals surface area contributed by atoms with E-state index in [0.29, 0.717) is 40.6 Å². The first-order chi connectivity index (χ1) is 26.7. The van der Waals surface area contributed by atoms with Crippen LogP contribution < -0.4 is 26.0 Å². The Morgan fingerprint density at radius 3 is 2.60 bits per heavy atom. The molecule has 16 heteroatoms. The van der Waals surface area contributed by atoms with Crippen LogP contribution in [-0.2, 0) is 16.6 Å². The van der Waals surface area contributed by atoms with Crippen LogP contribution in [0, 0.1) is 5.92 Å². The van der Waals surface area contributed by atoms with Gasteiger partial charge < -0.3 is 15.0 Å². The van der Waals surface area contributed by atoms with Crippen LogP contribution in [-0.4, -0.2) is 96.0 Å². The predicted molar refractivity (Wildman–Crippen MR) is 205 cm³/mol. The van der Waals surface area contributed by atoms with E-state index in [0.717, 1.165) is 80.5 Å². The lowest BCUT2D eigenvalue weighted by Gasteiger charge is -2.39. The van der Waals surface area contributed by atoms with Crippen LogP contribution in [0.1, 0.15) is 61.0 Å². The standard InChI is InChI=1S/C39H43N11O5/c1-45-36-29(5-3-6-30(36)49(39(45)54)31-12-13-35(51)43-38(31)53)47-17-15-46(16-18-47)22-24-8-10-26(11-9-24)48-23-25-19-27(32(55-2)20-28(25)44-48)37(52)42-34-21-40-33-7-4-14-41-50(33)34/h3-7,14,19-21,23-24,26,31H,8-13,15-18,22H2,1-2H3,(H,42,52)(H,43,51,53). The van der Waals surface area contributed by atoms with Crippen LogP contribution in [0.4, 0.5) is 11.5 Å². The number of hydrogen-bond donors (Lipinski definition) is 2. The molecule has 0 radical (unpaired) electrons. The molecule has 3 aliphatic rings. The molecule has 55 heavy (non-hydrogen) atoms. The number of aryl methyl sites for hydroxylation is 1. The van der Waals surface area contributed by atoms with E-state index < -0.39 is 11.9 Å². The number of aromatic nitrogens is 7. The number of hydrogen-bond acceptors (Lipinski definition) is 10. The number of benzene rings is 2. The molecule has 6 aromatic rings. The highest BCUT2D eigenvalue weighted by Gasteiger charge is 2.33. The minimum atomic E-state index is -0.702. The first kappa shape index (κ1) is 34.7. The smallest absolute Gasteiger partial charge is 0.329 e. The lowest BCUT2D eigenvalue weighted by Crippen LogP contribution is -2.48. The van der Waals surface area contributed by atoms with Crippen LogP contribution in [0.5, 0.6) is 5.75 Å². The average molecular weight is 746 g/mol. The third-order valence-electron chi connectivity index (χ3n) is 11.6. The number of para-hydroxylation sites is 1. The number of imide groups is 1. The number of methoxy groups -OCH3 is 1. The summed E-state index contributed by atoms with van der Waals surface area (Å²) in [6.07, 6.45) is 10.1. The highest BCUT2D eigenvalue weighted by Crippen LogP contribution is 2.35. The fourth-order valence-electron chi connectivity index (χ4n) is 8.73. The molecule has 2 saturated heterocycles. The van der Waals surface area contributed by atoms with E-state index in [1.807, 2.05) is 36.5 Å². The van der Waals surface area contributed by atoms with Gasteiger partial charge in [-0.25, -0.2) is 9.78 Å². The number of piperazine rings is 1. The third kappa shape index (κ3) is 6.29. The first-order valence-electron chi connectivity index (χ1n) is 18.9. The van der Waals surface area contributed by atoms with E-state index >= 15 is 0 Å². The molecule has 6 heterocycles. The summed E-state index contributed by atoms with van der Waals surface area (Å²) in [5.74, 6) is 0.490. The Balaban J connectivity index is 0.821. The van der Waals surface area contributed by atoms with Gasteiger partial charge in [0.25, 0.3) is 5.91 Å². The Morgan fingerprint density at radius 1 is 1.00 bits per heavy atom. The number of carbonyl (C=O) groups excluding carboxylic acids is 3. The van der Waals surface area contributed by atoms with E-state index in [-0.39, 0.29) is 30.0 Å². The summed E-state index contributed by atoms with van der Waals surface area (Å²) < 4.78 is 12.5. The summed E-state index contributed by atoms with van der Waals surface area (Å²) >= 11 is 0. The molecule has 1 atom stereocenters. The fourth-order valence-corrected chi connectivity index (χ4v) is 8.73. The van der Waals surface area contributed by atoms with E-state index in [4.69, 9.17) is 9.84 Å². The molecule has 4 aromatic heterocycles. The van der Waals surface area contributed by atoms with Crippen molar-refractivity contribution in [2.75, 3.05) is 50.1 Å². The van der Waals surface area contributed by atoms with Crippen LogP contribution in [0.2, 0.25) is 0 Å². The quantitative estimate of drug-likeness (QED) is 0.220. The van der Waals surface area contributed by atoms with Gasteiger partial charge in [-0.05, 0) is 68.4 Å². The summed E-state index contributed by atoms with van der Waals surface area (Å²) in [6.45, 7) is 4.58. The third-order valence-corrected chi connectivity index (χ3v) is 11.6. The van der Waals surface area contributed by atoms with Crippen LogP contribution >= 0.6 is 0 Å². The fraction of sp³-hybridized carbons (Fsp3) is 0.410. The number of imidazole rings is 2. The number of ether oxygens (including phenoxy) is 1. The number of anilines is 2. The van der Waals surface area contributed by atoms with Crippen molar-refractivity contribution in [3.63, 3.8) is 0 Å². The summed E-state index contributed by atoms with van der Waals surface area (Å²) in [5, 5.41) is 15.4. The molecular formula is C39H43N11O5. The monoisotopic (exact) mass is 745 g/mol. The maximum Gasteiger partial charge on any atom is 0.329 e. The zero-order valence-corrected chi connectivity index (χ0v) is 30.8. The molecule has 16 nitrogen and oxygen atoms in total. The summed E-state index contributed by atoms with van der Waals surface area (Å²) in [6, 6.07) is 12.7. The summed E-state index contributed by atoms with van der Waals surface area (Å²) in [7, 11) is 3.31. The van der Waals surface area contributed by atoms with E-state index in [1.54, 1.807) is 46.3 Å². The van der Waals surface area contributed by atoms with Crippen LogP contribution in [0.15, 0.2) is 65.8 Å². The van der Waals surface area contributed by atoms with E-state index in [2.05, 4.69) is 41.3 Å². The Bertz CT molecular complexity index is 2520. The van der Waals surface area contributed by atoms with Gasteiger partial charge in [0.05, 0.1) is 47.1 Å². The predicted octanol–water partition coefficient (Wildman–Crippen LogP) is 3.52. The molecule has 2 aromatic carbocycles. The van der Waals surface area contributed by atoms with Crippen molar-refractivity contribution in [3.8, 4) is 5.75 Å². The van der Waals surface area contributed by atoms with Gasteiger partial charge >= 0.3 is 5.69 Å². The number of carbonyl (C=O) groups is 3. The van der Waals surface area contributed by atoms with Gasteiger partial charge in [0.2, 0.25) is 11.8 Å². The zero-order valence-electron chi connectivity index (χ0n) is 30.8. The molecule has 1 unspecified atom stereocenters. The van der Waals surface area contributed by atoms with Gasteiger partial charge in [0, 0.05) is 70.0 Å². The van der Waals surface area contributed by atoms with Gasteiger partial charge in [-0.15, -0.1) is 0 Å². The number of nitrogens with one attached hydrogen (secondary N) is 2. The largest absolute Gasteiger partial charge is 0.496 e. The molecule has 1 saturated carbocycles. The van der Waals surface area contributed by atoms with Gasteiger partial charge in [-0.2, -0.15) is 14.7 Å². The van der Waals surface area contributed by atoms with Gasteiger partial charge in [0.1, 0.15) is 11.8 Å². The van der Waals surface area contributed by atoms with Crippen molar-refractivity contribution in [2.45, 2.75) is 50.6 Å². The number of piperidine rings is 1. The number of amides is 3. The first-order valence-corrected chi connectivity index (χ1v) is 18.9. The normalized spacial score (nSPS) is 21.1. The molecule has 1 aliphatic carbocycles. The Labute approximate surface area is 315 Å². The molecular weight excluding hydrogens is 703 g/mol. The topological polar surface area (TPSA) is 166 Å². The SMILES string of the molecule is COc1cc2nn(C3CCC(CN4CCN(c5cccc6c5n(C)c(=O)n6C5CCC(=O)NC5=O)CC4)CC3)cc2cc1C(=O)Nc1cnc2cccnn12. The van der Waals surface area contributed by atoms with Crippen molar-refractivity contribution < 1.29 is 19.1 Å². The van der Waals surface area contributed by atoms with E-state index in [1.165, 1.54) is 0 Å². The number of nitrogens with zero attached hydrogens (tertiary/aromatic N) is 9. The second kappa shape index (κ2) is 14.0. The van der Waals surface area contributed by atoms with Crippen LogP contribution in [0.3, 0.4) is 0 Å². The zero-order chi connectivity index (χ0) is 37.8. The second-order valence-electron chi connectivity index (χ2n) is 14.9. The molecule has 3 amide bonds. The molecule has 2 aliphatic heterocycles. The van der Waals surface area contributed by atoms with Crippen molar-refractivity contribution >= 4 is 56.8 Å². The molecule has 0 bridgehead atoms. The summed E-state index contributed by atoms with van der Waals surface area (Å²) in [5.41, 5.74) is 4.11. The average Bonchev–Trinajstić information content (AvgIpc) is 3.88. The Kier molecular flexibility index (Phi) is 8.83. The van der Waals surface area contributed by atoms with Gasteiger partial charge in [-0.1, -0.05) is 6.07 Å². The molecule has 2 N–H and O–H groups in total. The highest BCUT2D eigenvalue weighted by molar-refractivity contribution is 6.08. The van der Waals surface area contributed by atoms with Crippen LogP contribution in [0.25, 0.3) is 27.6 Å². The van der Waals surface area contributed by atoms with Crippen molar-refractivity contribution in [3.05, 3.63) is 77.1 Å². The van der Waals surface area contributed by atoms with Gasteiger partial charge in [-0.3, -0.25) is 38.4 Å². The minimum Gasteiger partial charge on any atom is -0.496 e. The van der Waals surface area contributed by atoms with E-state index in [9.17, 15) is 19.2 Å². The second-order valence-corrected chi connectivity index (χ2v) is 14.9. The van der Waals surface area contributed by atoms with Crippen molar-refractivity contribution in [2.24, 2.45) is 13.0 Å². The molecule has 284 valence electrons. The number of fused-ring (bicyclic) bond motifs is 3. The maximum absolute atomic E-state index is 13.4. The Hall–Kier alpha value is -6.03. The van der Waals surface area contributed by atoms with Crippen molar-refractivity contribution in [1.29, 1.82) is 0 Å².